The Balaban J connectivity index is 2.75. The van der Waals surface area contributed by atoms with Crippen molar-refractivity contribution < 1.29 is 9.90 Å². The highest BCUT2D eigenvalue weighted by Gasteiger charge is 2.11. The first-order chi connectivity index (χ1) is 9.19. The maximum absolute atomic E-state index is 11.2. The molecule has 0 saturated carbocycles. The van der Waals surface area contributed by atoms with Gasteiger partial charge in [0.05, 0.1) is 11.3 Å². The van der Waals surface area contributed by atoms with E-state index in [0.717, 1.165) is 49.9 Å². The van der Waals surface area contributed by atoms with E-state index in [1.807, 2.05) is 6.07 Å². The molecule has 1 heterocycles. The number of aromatic carboxylic acids is 1. The fourth-order valence-electron chi connectivity index (χ4n) is 2.17. The van der Waals surface area contributed by atoms with Gasteiger partial charge in [-0.15, -0.1) is 0 Å². The van der Waals surface area contributed by atoms with Gasteiger partial charge in [-0.3, -0.25) is 4.98 Å². The molecule has 0 saturated heterocycles. The van der Waals surface area contributed by atoms with E-state index >= 15 is 0 Å². The van der Waals surface area contributed by atoms with Crippen molar-refractivity contribution in [3.05, 3.63) is 29.1 Å². The molecule has 0 spiro atoms. The number of carboxylic acids is 1. The maximum atomic E-state index is 11.2. The zero-order chi connectivity index (χ0) is 14.1. The third-order valence-corrected chi connectivity index (χ3v) is 3.32. The number of carbonyl (C=O) groups is 1. The Morgan fingerprint density at radius 1 is 1.05 bits per heavy atom. The second-order valence-electron chi connectivity index (χ2n) is 5.02. The number of carboxylic acid groups (broad SMARTS) is 1. The number of nitrogens with zero attached hydrogens (tertiary/aromatic N) is 1. The number of hydrogen-bond donors (Lipinski definition) is 1. The number of pyridine rings is 1. The van der Waals surface area contributed by atoms with E-state index in [1.165, 1.54) is 12.8 Å². The van der Waals surface area contributed by atoms with Gasteiger partial charge in [-0.25, -0.2) is 4.79 Å². The van der Waals surface area contributed by atoms with E-state index in [1.54, 1.807) is 6.07 Å². The van der Waals surface area contributed by atoms with Crippen molar-refractivity contribution >= 4 is 5.97 Å². The Labute approximate surface area is 116 Å². The van der Waals surface area contributed by atoms with Crippen molar-refractivity contribution in [2.24, 2.45) is 0 Å². The van der Waals surface area contributed by atoms with Gasteiger partial charge in [-0.2, -0.15) is 0 Å². The minimum absolute atomic E-state index is 0.371. The lowest BCUT2D eigenvalue weighted by atomic mass is 10.0. The van der Waals surface area contributed by atoms with Gasteiger partial charge in [0.25, 0.3) is 0 Å². The van der Waals surface area contributed by atoms with Crippen molar-refractivity contribution in [3.63, 3.8) is 0 Å². The van der Waals surface area contributed by atoms with Crippen molar-refractivity contribution in [1.29, 1.82) is 0 Å². The first kappa shape index (κ1) is 15.7. The van der Waals surface area contributed by atoms with Crippen molar-refractivity contribution in [2.45, 2.75) is 65.2 Å². The van der Waals surface area contributed by atoms with Crippen LogP contribution in [0.4, 0.5) is 0 Å². The first-order valence-electron chi connectivity index (χ1n) is 7.41. The molecule has 0 aromatic carbocycles. The second kappa shape index (κ2) is 8.68. The SMILES string of the molecule is CCCCCc1ccc(C(=O)O)c(CCCCC)n1. The van der Waals surface area contributed by atoms with Gasteiger partial charge < -0.3 is 5.11 Å². The molecule has 19 heavy (non-hydrogen) atoms. The van der Waals surface area contributed by atoms with Crippen LogP contribution in [0.1, 0.15) is 74.1 Å². The van der Waals surface area contributed by atoms with E-state index < -0.39 is 5.97 Å². The smallest absolute Gasteiger partial charge is 0.337 e. The molecule has 0 aliphatic rings. The second-order valence-corrected chi connectivity index (χ2v) is 5.02. The average molecular weight is 263 g/mol. The summed E-state index contributed by atoms with van der Waals surface area (Å²) in [5, 5.41) is 9.19. The van der Waals surface area contributed by atoms with E-state index in [9.17, 15) is 9.90 Å². The van der Waals surface area contributed by atoms with E-state index in [2.05, 4.69) is 18.8 Å². The number of hydrogen-bond acceptors (Lipinski definition) is 2. The monoisotopic (exact) mass is 263 g/mol. The predicted octanol–water partition coefficient (Wildman–Crippen LogP) is 4.25. The first-order valence-corrected chi connectivity index (χ1v) is 7.41. The molecule has 1 aromatic heterocycles. The molecule has 0 aliphatic heterocycles. The average Bonchev–Trinajstić information content (AvgIpc) is 2.39. The molecule has 0 radical (unpaired) electrons. The van der Waals surface area contributed by atoms with Crippen LogP contribution >= 0.6 is 0 Å². The number of aryl methyl sites for hydroxylation is 2. The molecule has 1 rings (SSSR count). The summed E-state index contributed by atoms with van der Waals surface area (Å²) in [6.45, 7) is 4.32. The van der Waals surface area contributed by atoms with Gasteiger partial charge in [0, 0.05) is 5.69 Å². The Morgan fingerprint density at radius 2 is 1.68 bits per heavy atom. The number of aromatic nitrogens is 1. The topological polar surface area (TPSA) is 50.2 Å². The van der Waals surface area contributed by atoms with Crippen molar-refractivity contribution in [1.82, 2.24) is 4.98 Å². The van der Waals surface area contributed by atoms with E-state index in [0.29, 0.717) is 5.56 Å². The lowest BCUT2D eigenvalue weighted by Crippen LogP contribution is -2.07. The summed E-state index contributed by atoms with van der Waals surface area (Å²) >= 11 is 0. The normalized spacial score (nSPS) is 10.6. The van der Waals surface area contributed by atoms with E-state index in [-0.39, 0.29) is 0 Å². The molecule has 0 amide bonds. The van der Waals surface area contributed by atoms with Crippen LogP contribution in [-0.2, 0) is 12.8 Å². The summed E-state index contributed by atoms with van der Waals surface area (Å²) in [6, 6.07) is 3.58. The molecule has 3 nitrogen and oxygen atoms in total. The highest BCUT2D eigenvalue weighted by atomic mass is 16.4. The van der Waals surface area contributed by atoms with Crippen LogP contribution in [0.3, 0.4) is 0 Å². The van der Waals surface area contributed by atoms with Crippen LogP contribution in [0.5, 0.6) is 0 Å². The van der Waals surface area contributed by atoms with Gasteiger partial charge in [0.15, 0.2) is 0 Å². The van der Waals surface area contributed by atoms with Crippen LogP contribution in [0.25, 0.3) is 0 Å². The molecule has 3 heteroatoms. The van der Waals surface area contributed by atoms with Crippen LogP contribution in [0, 0.1) is 0 Å². The van der Waals surface area contributed by atoms with Gasteiger partial charge in [0.1, 0.15) is 0 Å². The number of rotatable bonds is 9. The summed E-state index contributed by atoms with van der Waals surface area (Å²) in [5.74, 6) is -0.862. The lowest BCUT2D eigenvalue weighted by molar-refractivity contribution is 0.0695. The summed E-state index contributed by atoms with van der Waals surface area (Å²) in [6.07, 6.45) is 8.53. The molecule has 0 aliphatic carbocycles. The summed E-state index contributed by atoms with van der Waals surface area (Å²) in [4.78, 5) is 15.7. The van der Waals surface area contributed by atoms with Gasteiger partial charge in [-0.1, -0.05) is 39.5 Å². The fraction of sp³-hybridized carbons (Fsp3) is 0.625. The quantitative estimate of drug-likeness (QED) is 0.678. The molecule has 0 fully saturated rings. The van der Waals surface area contributed by atoms with Crippen LogP contribution < -0.4 is 0 Å². The molecular weight excluding hydrogens is 238 g/mol. The molecule has 0 atom stereocenters. The standard InChI is InChI=1S/C16H25NO2/c1-3-5-7-9-13-11-12-14(16(18)19)15(17-13)10-8-6-4-2/h11-12H,3-10H2,1-2H3,(H,18,19). The molecule has 1 aromatic rings. The minimum atomic E-state index is -0.862. The molecular formula is C16H25NO2. The van der Waals surface area contributed by atoms with Gasteiger partial charge in [0.2, 0.25) is 0 Å². The summed E-state index contributed by atoms with van der Waals surface area (Å²) in [7, 11) is 0. The Kier molecular flexibility index (Phi) is 7.16. The van der Waals surface area contributed by atoms with Crippen molar-refractivity contribution in [3.8, 4) is 0 Å². The third-order valence-electron chi connectivity index (χ3n) is 3.32. The predicted molar refractivity (Wildman–Crippen MR) is 77.7 cm³/mol. The largest absolute Gasteiger partial charge is 0.478 e. The lowest BCUT2D eigenvalue weighted by Gasteiger charge is -2.08. The van der Waals surface area contributed by atoms with Crippen LogP contribution in [-0.4, -0.2) is 16.1 Å². The van der Waals surface area contributed by atoms with Gasteiger partial charge in [-0.05, 0) is 37.8 Å². The highest BCUT2D eigenvalue weighted by Crippen LogP contribution is 2.14. The zero-order valence-corrected chi connectivity index (χ0v) is 12.1. The molecule has 0 bridgehead atoms. The Morgan fingerprint density at radius 3 is 2.26 bits per heavy atom. The Bertz CT molecular complexity index is 402. The fourth-order valence-corrected chi connectivity index (χ4v) is 2.17. The highest BCUT2D eigenvalue weighted by molar-refractivity contribution is 5.88. The summed E-state index contributed by atoms with van der Waals surface area (Å²) < 4.78 is 0. The Hall–Kier alpha value is -1.38. The van der Waals surface area contributed by atoms with E-state index in [4.69, 9.17) is 0 Å². The molecule has 1 N–H and O–H groups in total. The number of unbranched alkanes of at least 4 members (excludes halogenated alkanes) is 4. The van der Waals surface area contributed by atoms with Crippen LogP contribution in [0.15, 0.2) is 12.1 Å². The zero-order valence-electron chi connectivity index (χ0n) is 12.1. The molecule has 106 valence electrons. The summed E-state index contributed by atoms with van der Waals surface area (Å²) in [5.41, 5.74) is 2.16. The van der Waals surface area contributed by atoms with Gasteiger partial charge >= 0.3 is 5.97 Å². The third kappa shape index (κ3) is 5.41. The molecule has 0 unspecified atom stereocenters. The van der Waals surface area contributed by atoms with Crippen molar-refractivity contribution in [2.75, 3.05) is 0 Å². The maximum Gasteiger partial charge on any atom is 0.337 e. The van der Waals surface area contributed by atoms with Crippen LogP contribution in [0.2, 0.25) is 0 Å². The minimum Gasteiger partial charge on any atom is -0.478 e.